The van der Waals surface area contributed by atoms with Crippen LogP contribution in [0.4, 0.5) is 0 Å². The van der Waals surface area contributed by atoms with E-state index in [0.29, 0.717) is 0 Å². The van der Waals surface area contributed by atoms with Crippen molar-refractivity contribution in [1.29, 1.82) is 0 Å². The van der Waals surface area contributed by atoms with Gasteiger partial charge in [-0.25, -0.2) is 0 Å². The Labute approximate surface area is 249 Å². The maximum Gasteiger partial charge on any atom is 0.138 e. The van der Waals surface area contributed by atoms with Crippen LogP contribution in [0.15, 0.2) is 144 Å². The van der Waals surface area contributed by atoms with Gasteiger partial charge in [0.2, 0.25) is 0 Å². The van der Waals surface area contributed by atoms with Crippen LogP contribution in [-0.2, 0) is 0 Å². The molecule has 0 fully saturated rings. The highest BCUT2D eigenvalue weighted by atomic mass is 16.3. The highest BCUT2D eigenvalue weighted by molar-refractivity contribution is 6.23. The van der Waals surface area contributed by atoms with E-state index in [0.717, 1.165) is 23.8 Å². The molecule has 0 bridgehead atoms. The van der Waals surface area contributed by atoms with Crippen molar-refractivity contribution in [2.24, 2.45) is 0 Å². The third-order valence-corrected chi connectivity index (χ3v) is 9.16. The van der Waals surface area contributed by atoms with Gasteiger partial charge in [-0.2, -0.15) is 0 Å². The van der Waals surface area contributed by atoms with Crippen LogP contribution in [0.5, 0.6) is 0 Å². The van der Waals surface area contributed by atoms with Gasteiger partial charge in [0.1, 0.15) is 11.0 Å². The maximum atomic E-state index is 6.41. The molecule has 202 valence electrons. The molecule has 0 radical (unpaired) electrons. The van der Waals surface area contributed by atoms with E-state index in [1.807, 2.05) is 6.07 Å². The van der Waals surface area contributed by atoms with E-state index in [2.05, 4.69) is 140 Å². The predicted molar refractivity (Wildman–Crippen MR) is 182 cm³/mol. The van der Waals surface area contributed by atoms with Gasteiger partial charge in [-0.3, -0.25) is 0 Å². The molecule has 9 rings (SSSR count). The first-order valence-corrected chi connectivity index (χ1v) is 15.1. The van der Waals surface area contributed by atoms with Crippen molar-refractivity contribution in [2.45, 2.75) is 12.8 Å². The molecule has 1 aromatic heterocycles. The van der Waals surface area contributed by atoms with Gasteiger partial charge >= 0.3 is 0 Å². The molecule has 8 aromatic rings. The fourth-order valence-electron chi connectivity index (χ4n) is 7.25. The number of rotatable bonds is 3. The SMILES string of the molecule is C1=c2c(oc3ccccc23)=C(c2ccc(-c3c4ccccc4c(-c4cccc5ccccc45)c4ccccc34)cc2)CC1. The summed E-state index contributed by atoms with van der Waals surface area (Å²) in [6.45, 7) is 0. The Kier molecular flexibility index (Phi) is 5.39. The van der Waals surface area contributed by atoms with Crippen molar-refractivity contribution in [2.75, 3.05) is 0 Å². The molecule has 1 heteroatoms. The summed E-state index contributed by atoms with van der Waals surface area (Å²) in [7, 11) is 0. The van der Waals surface area contributed by atoms with Gasteiger partial charge < -0.3 is 4.42 Å². The highest BCUT2D eigenvalue weighted by Gasteiger charge is 2.18. The van der Waals surface area contributed by atoms with Gasteiger partial charge in [0, 0.05) is 16.2 Å². The number of para-hydroxylation sites is 1. The topological polar surface area (TPSA) is 13.1 Å². The summed E-state index contributed by atoms with van der Waals surface area (Å²) in [5, 5.41) is 10.1. The van der Waals surface area contributed by atoms with Gasteiger partial charge in [-0.05, 0) is 79.0 Å². The Morgan fingerprint density at radius 3 is 1.72 bits per heavy atom. The lowest BCUT2D eigenvalue weighted by Crippen LogP contribution is -2.26. The van der Waals surface area contributed by atoms with Crippen molar-refractivity contribution in [3.05, 3.63) is 156 Å². The van der Waals surface area contributed by atoms with Gasteiger partial charge in [-0.1, -0.05) is 140 Å². The van der Waals surface area contributed by atoms with Crippen LogP contribution in [0.2, 0.25) is 0 Å². The number of furan rings is 1. The molecule has 7 aromatic carbocycles. The van der Waals surface area contributed by atoms with Crippen molar-refractivity contribution in [3.8, 4) is 22.3 Å². The largest absolute Gasteiger partial charge is 0.456 e. The molecule has 1 heterocycles. The van der Waals surface area contributed by atoms with E-state index in [1.54, 1.807) is 0 Å². The molecule has 0 saturated heterocycles. The number of benzene rings is 7. The van der Waals surface area contributed by atoms with E-state index in [4.69, 9.17) is 4.42 Å². The van der Waals surface area contributed by atoms with Crippen LogP contribution in [0.3, 0.4) is 0 Å². The van der Waals surface area contributed by atoms with Crippen molar-refractivity contribution >= 4 is 54.9 Å². The first-order chi connectivity index (χ1) is 21.3. The second-order valence-electron chi connectivity index (χ2n) is 11.5. The van der Waals surface area contributed by atoms with Crippen LogP contribution in [-0.4, -0.2) is 0 Å². The zero-order valence-electron chi connectivity index (χ0n) is 23.7. The minimum atomic E-state index is 0.962. The summed E-state index contributed by atoms with van der Waals surface area (Å²) in [4.78, 5) is 0. The lowest BCUT2D eigenvalue weighted by Gasteiger charge is -2.19. The molecule has 0 aliphatic heterocycles. The van der Waals surface area contributed by atoms with Crippen LogP contribution in [0.1, 0.15) is 18.4 Å². The number of hydrogen-bond donors (Lipinski definition) is 0. The fraction of sp³-hybridized carbons (Fsp3) is 0.0476. The van der Waals surface area contributed by atoms with E-state index >= 15 is 0 Å². The second kappa shape index (κ2) is 9.58. The average molecular weight is 549 g/mol. The van der Waals surface area contributed by atoms with Crippen molar-refractivity contribution in [1.82, 2.24) is 0 Å². The zero-order valence-corrected chi connectivity index (χ0v) is 23.7. The van der Waals surface area contributed by atoms with Crippen LogP contribution in [0, 0.1) is 0 Å². The summed E-state index contributed by atoms with van der Waals surface area (Å²) in [6, 6.07) is 50.7. The zero-order chi connectivity index (χ0) is 28.3. The normalized spacial score (nSPS) is 13.1. The van der Waals surface area contributed by atoms with E-state index in [9.17, 15) is 0 Å². The number of hydrogen-bond acceptors (Lipinski definition) is 1. The molecule has 1 aliphatic rings. The summed E-state index contributed by atoms with van der Waals surface area (Å²) in [6.07, 6.45) is 4.34. The van der Waals surface area contributed by atoms with Crippen LogP contribution >= 0.6 is 0 Å². The Morgan fingerprint density at radius 2 is 1.00 bits per heavy atom. The quantitative estimate of drug-likeness (QED) is 0.200. The molecule has 0 N–H and O–H groups in total. The summed E-state index contributed by atoms with van der Waals surface area (Å²) < 4.78 is 6.41. The molecular formula is C42H28O. The standard InChI is InChI=1S/C42H28O/c1-2-13-30-27(11-1)12-9-20-33(30)41-36-17-5-3-15-34(36)40(35-16-4-6-18-37(35)41)29-25-23-28(24-26-29)31-19-10-21-38-32-14-7-8-22-39(32)43-42(31)38/h1-9,11-18,20-26H,10,19H2. The summed E-state index contributed by atoms with van der Waals surface area (Å²) in [5.74, 6) is 0. The lowest BCUT2D eigenvalue weighted by atomic mass is 9.84. The van der Waals surface area contributed by atoms with Crippen LogP contribution in [0.25, 0.3) is 77.2 Å². The first-order valence-electron chi connectivity index (χ1n) is 15.1. The third kappa shape index (κ3) is 3.72. The molecule has 43 heavy (non-hydrogen) atoms. The smallest absolute Gasteiger partial charge is 0.138 e. The third-order valence-electron chi connectivity index (χ3n) is 9.16. The fourth-order valence-corrected chi connectivity index (χ4v) is 7.25. The van der Waals surface area contributed by atoms with Gasteiger partial charge in [-0.15, -0.1) is 0 Å². The summed E-state index contributed by atoms with van der Waals surface area (Å²) >= 11 is 0. The lowest BCUT2D eigenvalue weighted by molar-refractivity contribution is 0.568. The second-order valence-corrected chi connectivity index (χ2v) is 11.5. The van der Waals surface area contributed by atoms with Crippen molar-refractivity contribution < 1.29 is 4.42 Å². The molecule has 0 amide bonds. The Hall–Kier alpha value is -5.40. The maximum absolute atomic E-state index is 6.41. The Balaban J connectivity index is 1.28. The first kappa shape index (κ1) is 24.2. The van der Waals surface area contributed by atoms with Crippen LogP contribution < -0.4 is 10.6 Å². The average Bonchev–Trinajstić information content (AvgIpc) is 3.46. The van der Waals surface area contributed by atoms with E-state index in [-0.39, 0.29) is 0 Å². The predicted octanol–water partition coefficient (Wildman–Crippen LogP) is 10.00. The van der Waals surface area contributed by atoms with Gasteiger partial charge in [0.05, 0.1) is 0 Å². The summed E-state index contributed by atoms with van der Waals surface area (Å²) in [5.41, 5.74) is 9.61. The molecule has 0 unspecified atom stereocenters. The Morgan fingerprint density at radius 1 is 0.442 bits per heavy atom. The minimum absolute atomic E-state index is 0.962. The molecule has 1 aliphatic carbocycles. The highest BCUT2D eigenvalue weighted by Crippen LogP contribution is 2.45. The molecule has 0 spiro atoms. The van der Waals surface area contributed by atoms with Gasteiger partial charge in [0.15, 0.2) is 0 Å². The number of fused-ring (bicyclic) bond motifs is 6. The molecule has 1 nitrogen and oxygen atoms in total. The molecule has 0 saturated carbocycles. The van der Waals surface area contributed by atoms with E-state index < -0.39 is 0 Å². The van der Waals surface area contributed by atoms with E-state index in [1.165, 1.54) is 76.3 Å². The van der Waals surface area contributed by atoms with Crippen molar-refractivity contribution in [3.63, 3.8) is 0 Å². The molecule has 0 atom stereocenters. The van der Waals surface area contributed by atoms with Gasteiger partial charge in [0.25, 0.3) is 0 Å². The minimum Gasteiger partial charge on any atom is -0.456 e. The monoisotopic (exact) mass is 548 g/mol. The molecular weight excluding hydrogens is 520 g/mol. The Bertz CT molecular complexity index is 2430.